The third-order valence-electron chi connectivity index (χ3n) is 10.6. The van der Waals surface area contributed by atoms with Crippen LogP contribution in [-0.4, -0.2) is 53.2 Å². The smallest absolute Gasteiger partial charge is 0.726 e. The number of fused-ring (bicyclic) bond motifs is 5. The first-order valence-corrected chi connectivity index (χ1v) is 13.9. The number of aliphatic hydroxyl groups excluding tert-OH is 3. The van der Waals surface area contributed by atoms with E-state index in [4.69, 9.17) is 0 Å². The van der Waals surface area contributed by atoms with Gasteiger partial charge in [0.1, 0.15) is 0 Å². The van der Waals surface area contributed by atoms with E-state index in [2.05, 4.69) is 25.0 Å². The summed E-state index contributed by atoms with van der Waals surface area (Å²) >= 11 is 0. The molecule has 3 N–H and O–H groups in total. The summed E-state index contributed by atoms with van der Waals surface area (Å²) in [5.41, 5.74) is -0.208. The van der Waals surface area contributed by atoms with Gasteiger partial charge in [0.2, 0.25) is 10.4 Å². The zero-order valence-corrected chi connectivity index (χ0v) is 23.5. The summed E-state index contributed by atoms with van der Waals surface area (Å²) in [6.45, 7) is 6.60. The van der Waals surface area contributed by atoms with Crippen LogP contribution in [0.4, 0.5) is 0 Å². The summed E-state index contributed by atoms with van der Waals surface area (Å²) in [7, 11) is -4.65. The van der Waals surface area contributed by atoms with E-state index in [9.17, 15) is 28.3 Å². The minimum atomic E-state index is -4.65. The molecule has 4 saturated carbocycles. The number of rotatable bonds is 6. The fourth-order valence-corrected chi connectivity index (χ4v) is 9.22. The molecule has 4 aliphatic rings. The van der Waals surface area contributed by atoms with Gasteiger partial charge in [-0.2, -0.15) is 0 Å². The van der Waals surface area contributed by atoms with E-state index >= 15 is 0 Å². The molecule has 0 amide bonds. The molecular formula is C24H41NaO7S. The molecule has 33 heavy (non-hydrogen) atoms. The Morgan fingerprint density at radius 3 is 2.42 bits per heavy atom. The molecule has 4 fully saturated rings. The van der Waals surface area contributed by atoms with Gasteiger partial charge < -0.3 is 19.9 Å². The summed E-state index contributed by atoms with van der Waals surface area (Å²) in [6.07, 6.45) is 6.12. The molecule has 4 aliphatic carbocycles. The van der Waals surface area contributed by atoms with Crippen molar-refractivity contribution in [1.29, 1.82) is 0 Å². The van der Waals surface area contributed by atoms with Crippen molar-refractivity contribution in [1.82, 2.24) is 0 Å². The molecule has 0 spiro atoms. The zero-order valence-electron chi connectivity index (χ0n) is 20.7. The Morgan fingerprint density at radius 1 is 1.06 bits per heavy atom. The number of aliphatic hydroxyl groups is 3. The normalized spacial score (nSPS) is 48.2. The van der Waals surface area contributed by atoms with Crippen LogP contribution in [-0.2, 0) is 14.6 Å². The largest absolute Gasteiger partial charge is 1.00 e. The molecule has 4 unspecified atom stereocenters. The van der Waals surface area contributed by atoms with Gasteiger partial charge in [-0.05, 0) is 104 Å². The molecule has 0 aromatic heterocycles. The molecule has 0 heterocycles. The van der Waals surface area contributed by atoms with Crippen LogP contribution in [0, 0.1) is 46.3 Å². The minimum absolute atomic E-state index is 0. The summed E-state index contributed by atoms with van der Waals surface area (Å²) in [6, 6.07) is 0. The fraction of sp³-hybridized carbons (Fsp3) is 1.00. The van der Waals surface area contributed by atoms with Gasteiger partial charge in [-0.15, -0.1) is 0 Å². The van der Waals surface area contributed by atoms with Gasteiger partial charge >= 0.3 is 29.6 Å². The van der Waals surface area contributed by atoms with Gasteiger partial charge in [0.15, 0.2) is 0 Å². The Morgan fingerprint density at radius 2 is 1.76 bits per heavy atom. The number of hydrogen-bond acceptors (Lipinski definition) is 7. The predicted octanol–water partition coefficient (Wildman–Crippen LogP) is -0.155. The molecule has 0 bridgehead atoms. The first-order chi connectivity index (χ1) is 14.9. The van der Waals surface area contributed by atoms with E-state index < -0.39 is 16.5 Å². The predicted molar refractivity (Wildman–Crippen MR) is 118 cm³/mol. The van der Waals surface area contributed by atoms with Crippen molar-refractivity contribution in [2.75, 3.05) is 6.61 Å². The molecule has 7 nitrogen and oxygen atoms in total. The molecule has 0 saturated heterocycles. The van der Waals surface area contributed by atoms with E-state index in [1.165, 1.54) is 0 Å². The maximum atomic E-state index is 11.5. The Kier molecular flexibility index (Phi) is 8.80. The van der Waals surface area contributed by atoms with Crippen molar-refractivity contribution in [3.63, 3.8) is 0 Å². The van der Waals surface area contributed by atoms with Crippen molar-refractivity contribution in [3.8, 4) is 0 Å². The van der Waals surface area contributed by atoms with E-state index in [1.807, 2.05) is 0 Å². The second-order valence-electron chi connectivity index (χ2n) is 11.9. The Balaban J connectivity index is 0.00000306. The van der Waals surface area contributed by atoms with Crippen molar-refractivity contribution in [2.45, 2.75) is 96.9 Å². The average molecular weight is 497 g/mol. The standard InChI is InChI=1S/C24H42O7S.Na/c1-14(5-4-10-31-32(28,29)30)17-6-7-18-22-19(13-21(27)24(17,18)3)23(2)9-8-16(25)11-15(23)12-20(22)26;/h14-22,25-27H,4-13H2,1-3H3,(H,28,29,30);/q;+1/p-1/t14?,15-,16-,17-,18+,19?,20?,21+,22?,23+,24-;/m1./s1. The van der Waals surface area contributed by atoms with Gasteiger partial charge in [0.05, 0.1) is 24.9 Å². The third-order valence-corrected chi connectivity index (χ3v) is 11.0. The van der Waals surface area contributed by atoms with Crippen molar-refractivity contribution in [2.24, 2.45) is 46.3 Å². The second kappa shape index (κ2) is 10.3. The maximum Gasteiger partial charge on any atom is 1.00 e. The maximum absolute atomic E-state index is 11.5. The van der Waals surface area contributed by atoms with Gasteiger partial charge in [-0.3, -0.25) is 4.18 Å². The van der Waals surface area contributed by atoms with Crippen LogP contribution in [0.15, 0.2) is 0 Å². The van der Waals surface area contributed by atoms with Crippen molar-refractivity contribution in [3.05, 3.63) is 0 Å². The van der Waals surface area contributed by atoms with Crippen LogP contribution in [0.1, 0.15) is 78.6 Å². The average Bonchev–Trinajstić information content (AvgIpc) is 3.05. The molecule has 0 aromatic carbocycles. The molecule has 0 aromatic rings. The third kappa shape index (κ3) is 5.12. The molecule has 186 valence electrons. The SMILES string of the molecule is CC(CCCOS(=O)(=O)[O-])[C@H]1CC[C@H]2C3C(O)C[C@H]4C[C@H](O)CC[C@]4(C)C3C[C@H](O)[C@]12C.[Na+]. The first-order valence-electron chi connectivity index (χ1n) is 12.5. The van der Waals surface area contributed by atoms with Crippen LogP contribution >= 0.6 is 0 Å². The molecular weight excluding hydrogens is 455 g/mol. The Labute approximate surface area is 221 Å². The summed E-state index contributed by atoms with van der Waals surface area (Å²) in [5, 5.41) is 33.1. The van der Waals surface area contributed by atoms with E-state index in [-0.39, 0.29) is 82.9 Å². The van der Waals surface area contributed by atoms with Crippen molar-refractivity contribution < 1.29 is 62.0 Å². The van der Waals surface area contributed by atoms with Crippen LogP contribution in [0.5, 0.6) is 0 Å². The van der Waals surface area contributed by atoms with Crippen LogP contribution in [0.2, 0.25) is 0 Å². The molecule has 0 radical (unpaired) electrons. The van der Waals surface area contributed by atoms with Crippen molar-refractivity contribution >= 4 is 10.4 Å². The van der Waals surface area contributed by atoms with Gasteiger partial charge in [0.25, 0.3) is 0 Å². The summed E-state index contributed by atoms with van der Waals surface area (Å²) in [5.74, 6) is 1.60. The fourth-order valence-electron chi connectivity index (χ4n) is 8.90. The van der Waals surface area contributed by atoms with Gasteiger partial charge in [-0.1, -0.05) is 20.8 Å². The Bertz CT molecular complexity index is 794. The first kappa shape index (κ1) is 28.3. The van der Waals surface area contributed by atoms with Gasteiger partial charge in [-0.25, -0.2) is 8.42 Å². The summed E-state index contributed by atoms with van der Waals surface area (Å²) in [4.78, 5) is 0. The summed E-state index contributed by atoms with van der Waals surface area (Å²) < 4.78 is 36.4. The molecule has 11 atom stereocenters. The quantitative estimate of drug-likeness (QED) is 0.202. The Hall–Kier alpha value is 0.750. The van der Waals surface area contributed by atoms with Crippen LogP contribution < -0.4 is 29.6 Å². The van der Waals surface area contributed by atoms with Crippen LogP contribution in [0.3, 0.4) is 0 Å². The molecule has 0 aliphatic heterocycles. The molecule has 9 heteroatoms. The van der Waals surface area contributed by atoms with E-state index in [0.717, 1.165) is 44.9 Å². The monoisotopic (exact) mass is 496 g/mol. The van der Waals surface area contributed by atoms with Crippen LogP contribution in [0.25, 0.3) is 0 Å². The minimum Gasteiger partial charge on any atom is -0.726 e. The second-order valence-corrected chi connectivity index (χ2v) is 12.9. The number of hydrogen-bond donors (Lipinski definition) is 3. The zero-order chi connectivity index (χ0) is 23.5. The van der Waals surface area contributed by atoms with E-state index in [0.29, 0.717) is 24.7 Å². The van der Waals surface area contributed by atoms with Gasteiger partial charge in [0, 0.05) is 0 Å². The molecule has 4 rings (SSSR count). The van der Waals surface area contributed by atoms with E-state index in [1.54, 1.807) is 0 Å². The topological polar surface area (TPSA) is 127 Å².